The third-order valence-electron chi connectivity index (χ3n) is 3.13. The number of hydrogen-bond donors (Lipinski definition) is 1. The summed E-state index contributed by atoms with van der Waals surface area (Å²) >= 11 is 5.99. The molecule has 5 nitrogen and oxygen atoms in total. The number of benzene rings is 2. The molecule has 0 bridgehead atoms. The van der Waals surface area contributed by atoms with E-state index >= 15 is 0 Å². The van der Waals surface area contributed by atoms with Crippen molar-refractivity contribution >= 4 is 23.5 Å². The molecule has 2 aromatic rings. The first-order chi connectivity index (χ1) is 10.5. The maximum Gasteiger partial charge on any atom is 0.339 e. The van der Waals surface area contributed by atoms with Gasteiger partial charge in [0.15, 0.2) is 0 Å². The molecule has 0 spiro atoms. The zero-order chi connectivity index (χ0) is 16.3. The molecule has 0 saturated carbocycles. The van der Waals surface area contributed by atoms with Gasteiger partial charge in [0, 0.05) is 5.56 Å². The predicted octanol–water partition coefficient (Wildman–Crippen LogP) is 3.50. The molecule has 0 aliphatic carbocycles. The number of halogens is 1. The SMILES string of the molecule is COC(=O)c1cc(-c2ccc(C(=O)O)cc2OC)ccc1Cl. The molecule has 6 heteroatoms. The molecule has 2 aromatic carbocycles. The number of carbonyl (C=O) groups excluding carboxylic acids is 1. The first kappa shape index (κ1) is 15.9. The van der Waals surface area contributed by atoms with Gasteiger partial charge in [0.25, 0.3) is 0 Å². The Morgan fingerprint density at radius 3 is 2.41 bits per heavy atom. The highest BCUT2D eigenvalue weighted by Gasteiger charge is 2.15. The second-order valence-electron chi connectivity index (χ2n) is 4.41. The van der Waals surface area contributed by atoms with Gasteiger partial charge in [0.05, 0.1) is 30.4 Å². The molecule has 114 valence electrons. The van der Waals surface area contributed by atoms with Gasteiger partial charge in [-0.05, 0) is 35.9 Å². The van der Waals surface area contributed by atoms with E-state index in [2.05, 4.69) is 4.74 Å². The van der Waals surface area contributed by atoms with E-state index in [1.54, 1.807) is 24.3 Å². The van der Waals surface area contributed by atoms with Gasteiger partial charge in [0.2, 0.25) is 0 Å². The van der Waals surface area contributed by atoms with Crippen molar-refractivity contribution in [2.24, 2.45) is 0 Å². The molecule has 22 heavy (non-hydrogen) atoms. The summed E-state index contributed by atoms with van der Waals surface area (Å²) < 4.78 is 9.92. The fraction of sp³-hybridized carbons (Fsp3) is 0.125. The van der Waals surface area contributed by atoms with Crippen LogP contribution >= 0.6 is 11.6 Å². The Morgan fingerprint density at radius 1 is 1.09 bits per heavy atom. The van der Waals surface area contributed by atoms with E-state index in [1.165, 1.54) is 26.4 Å². The summed E-state index contributed by atoms with van der Waals surface area (Å²) in [6.45, 7) is 0. The smallest absolute Gasteiger partial charge is 0.339 e. The summed E-state index contributed by atoms with van der Waals surface area (Å²) in [6, 6.07) is 9.37. The number of carboxylic acids is 1. The van der Waals surface area contributed by atoms with Gasteiger partial charge >= 0.3 is 11.9 Å². The van der Waals surface area contributed by atoms with Crippen LogP contribution in [0, 0.1) is 0 Å². The maximum absolute atomic E-state index is 11.7. The number of esters is 1. The molecule has 0 saturated heterocycles. The van der Waals surface area contributed by atoms with Crippen LogP contribution in [0.25, 0.3) is 11.1 Å². The Labute approximate surface area is 132 Å². The maximum atomic E-state index is 11.7. The first-order valence-corrected chi connectivity index (χ1v) is 6.65. The lowest BCUT2D eigenvalue weighted by Crippen LogP contribution is -2.03. The van der Waals surface area contributed by atoms with Crippen molar-refractivity contribution in [1.82, 2.24) is 0 Å². The molecule has 0 aromatic heterocycles. The van der Waals surface area contributed by atoms with Crippen LogP contribution in [-0.4, -0.2) is 31.3 Å². The van der Waals surface area contributed by atoms with Crippen molar-refractivity contribution in [3.8, 4) is 16.9 Å². The summed E-state index contributed by atoms with van der Waals surface area (Å²) in [4.78, 5) is 22.7. The van der Waals surface area contributed by atoms with Gasteiger partial charge < -0.3 is 14.6 Å². The van der Waals surface area contributed by atoms with Crippen LogP contribution in [0.2, 0.25) is 5.02 Å². The molecule has 0 amide bonds. The van der Waals surface area contributed by atoms with Gasteiger partial charge in [0.1, 0.15) is 5.75 Å². The van der Waals surface area contributed by atoms with Gasteiger partial charge in [-0.25, -0.2) is 9.59 Å². The Kier molecular flexibility index (Phi) is 4.68. The van der Waals surface area contributed by atoms with Crippen LogP contribution in [0.4, 0.5) is 0 Å². The standard InChI is InChI=1S/C16H13ClO5/c1-21-14-8-10(15(18)19)3-5-11(14)9-4-6-13(17)12(7-9)16(20)22-2/h3-8H,1-2H3,(H,18,19). The first-order valence-electron chi connectivity index (χ1n) is 6.27. The third kappa shape index (κ3) is 3.04. The lowest BCUT2D eigenvalue weighted by Gasteiger charge is -2.11. The van der Waals surface area contributed by atoms with Crippen LogP contribution < -0.4 is 4.74 Å². The Balaban J connectivity index is 2.56. The lowest BCUT2D eigenvalue weighted by atomic mass is 10.0. The van der Waals surface area contributed by atoms with E-state index in [1.807, 2.05) is 0 Å². The number of carboxylic acid groups (broad SMARTS) is 1. The second-order valence-corrected chi connectivity index (χ2v) is 4.81. The van der Waals surface area contributed by atoms with Crippen molar-refractivity contribution in [2.75, 3.05) is 14.2 Å². The van der Waals surface area contributed by atoms with Crippen LogP contribution in [0.3, 0.4) is 0 Å². The van der Waals surface area contributed by atoms with E-state index in [0.717, 1.165) is 0 Å². The molecule has 0 atom stereocenters. The summed E-state index contributed by atoms with van der Waals surface area (Å²) in [6.07, 6.45) is 0. The summed E-state index contributed by atoms with van der Waals surface area (Å²) in [5.74, 6) is -1.21. The van der Waals surface area contributed by atoms with Crippen LogP contribution in [-0.2, 0) is 4.74 Å². The van der Waals surface area contributed by atoms with Gasteiger partial charge in [-0.2, -0.15) is 0 Å². The monoisotopic (exact) mass is 320 g/mol. The Hall–Kier alpha value is -2.53. The number of rotatable bonds is 4. The normalized spacial score (nSPS) is 10.1. The lowest BCUT2D eigenvalue weighted by molar-refractivity contribution is 0.0600. The van der Waals surface area contributed by atoms with Crippen molar-refractivity contribution in [3.63, 3.8) is 0 Å². The highest BCUT2D eigenvalue weighted by atomic mass is 35.5. The molecule has 0 aliphatic rings. The molecule has 1 N–H and O–H groups in total. The second kappa shape index (κ2) is 6.49. The van der Waals surface area contributed by atoms with E-state index in [4.69, 9.17) is 21.4 Å². The zero-order valence-corrected chi connectivity index (χ0v) is 12.7. The predicted molar refractivity (Wildman–Crippen MR) is 81.7 cm³/mol. The number of aromatic carboxylic acids is 1. The Bertz CT molecular complexity index is 739. The number of methoxy groups -OCH3 is 2. The zero-order valence-electron chi connectivity index (χ0n) is 11.9. The summed E-state index contributed by atoms with van der Waals surface area (Å²) in [5.41, 5.74) is 1.65. The highest BCUT2D eigenvalue weighted by molar-refractivity contribution is 6.33. The van der Waals surface area contributed by atoms with Gasteiger partial charge in [-0.3, -0.25) is 0 Å². The third-order valence-corrected chi connectivity index (χ3v) is 3.46. The summed E-state index contributed by atoms with van der Waals surface area (Å²) in [5, 5.41) is 9.29. The molecule has 0 aliphatic heterocycles. The molecule has 0 radical (unpaired) electrons. The fourth-order valence-corrected chi connectivity index (χ4v) is 2.22. The fourth-order valence-electron chi connectivity index (χ4n) is 2.02. The van der Waals surface area contributed by atoms with Crippen molar-refractivity contribution in [3.05, 3.63) is 52.5 Å². The van der Waals surface area contributed by atoms with Crippen molar-refractivity contribution in [2.45, 2.75) is 0 Å². The average Bonchev–Trinajstić information content (AvgIpc) is 2.54. The molecule has 0 unspecified atom stereocenters. The molecule has 0 fully saturated rings. The van der Waals surface area contributed by atoms with Crippen LogP contribution in [0.5, 0.6) is 5.75 Å². The number of ether oxygens (including phenoxy) is 2. The van der Waals surface area contributed by atoms with Crippen LogP contribution in [0.1, 0.15) is 20.7 Å². The van der Waals surface area contributed by atoms with E-state index in [-0.39, 0.29) is 16.1 Å². The minimum absolute atomic E-state index is 0.114. The van der Waals surface area contributed by atoms with E-state index < -0.39 is 11.9 Å². The molecular weight excluding hydrogens is 308 g/mol. The van der Waals surface area contributed by atoms with Gasteiger partial charge in [-0.1, -0.05) is 17.7 Å². The van der Waals surface area contributed by atoms with E-state index in [9.17, 15) is 9.59 Å². The Morgan fingerprint density at radius 2 is 1.82 bits per heavy atom. The molecule has 2 rings (SSSR count). The summed E-state index contributed by atoms with van der Waals surface area (Å²) in [7, 11) is 2.72. The number of hydrogen-bond acceptors (Lipinski definition) is 4. The minimum atomic E-state index is -1.05. The number of carbonyl (C=O) groups is 2. The molecular formula is C16H13ClO5. The van der Waals surface area contributed by atoms with E-state index in [0.29, 0.717) is 16.9 Å². The average molecular weight is 321 g/mol. The minimum Gasteiger partial charge on any atom is -0.496 e. The van der Waals surface area contributed by atoms with Gasteiger partial charge in [-0.15, -0.1) is 0 Å². The van der Waals surface area contributed by atoms with Crippen LogP contribution in [0.15, 0.2) is 36.4 Å². The molecule has 0 heterocycles. The van der Waals surface area contributed by atoms with Crippen molar-refractivity contribution < 1.29 is 24.2 Å². The topological polar surface area (TPSA) is 72.8 Å². The van der Waals surface area contributed by atoms with Crippen molar-refractivity contribution in [1.29, 1.82) is 0 Å². The highest BCUT2D eigenvalue weighted by Crippen LogP contribution is 2.33. The quantitative estimate of drug-likeness (QED) is 0.873. The largest absolute Gasteiger partial charge is 0.496 e.